The smallest absolute Gasteiger partial charge is 0.387 e. The maximum absolute atomic E-state index is 12.3. The van der Waals surface area contributed by atoms with E-state index in [1.807, 2.05) is 6.92 Å². The molecule has 0 heterocycles. The molecular weight excluding hydrogens is 266 g/mol. The predicted octanol–water partition coefficient (Wildman–Crippen LogP) is 2.46. The van der Waals surface area contributed by atoms with E-state index in [0.29, 0.717) is 12.1 Å². The number of alkyl halides is 2. The van der Waals surface area contributed by atoms with Crippen LogP contribution in [-0.4, -0.2) is 25.1 Å². The third kappa shape index (κ3) is 4.77. The van der Waals surface area contributed by atoms with Gasteiger partial charge in [-0.3, -0.25) is 10.1 Å². The van der Waals surface area contributed by atoms with Gasteiger partial charge in [-0.1, -0.05) is 18.2 Å². The average molecular weight is 286 g/mol. The van der Waals surface area contributed by atoms with E-state index < -0.39 is 12.7 Å². The van der Waals surface area contributed by atoms with Crippen molar-refractivity contribution in [3.63, 3.8) is 0 Å². The molecule has 1 rings (SSSR count). The van der Waals surface area contributed by atoms with E-state index in [-0.39, 0.29) is 17.7 Å². The Bertz CT molecular complexity index is 441. The molecule has 1 amide bonds. The summed E-state index contributed by atoms with van der Waals surface area (Å²) in [5.41, 5.74) is 0.587. The van der Waals surface area contributed by atoms with Gasteiger partial charge >= 0.3 is 6.61 Å². The van der Waals surface area contributed by atoms with Crippen molar-refractivity contribution in [1.82, 2.24) is 10.6 Å². The van der Waals surface area contributed by atoms with Crippen LogP contribution in [0.25, 0.3) is 0 Å². The molecule has 0 saturated heterocycles. The first-order valence-corrected chi connectivity index (χ1v) is 6.53. The van der Waals surface area contributed by atoms with E-state index >= 15 is 0 Å². The zero-order valence-corrected chi connectivity index (χ0v) is 11.8. The lowest BCUT2D eigenvalue weighted by Gasteiger charge is -2.21. The van der Waals surface area contributed by atoms with Crippen molar-refractivity contribution in [2.45, 2.75) is 39.5 Å². The van der Waals surface area contributed by atoms with Crippen molar-refractivity contribution in [2.75, 3.05) is 6.54 Å². The molecule has 0 aliphatic heterocycles. The molecule has 0 radical (unpaired) electrons. The van der Waals surface area contributed by atoms with E-state index in [4.69, 9.17) is 0 Å². The normalized spacial score (nSPS) is 13.9. The highest BCUT2D eigenvalue weighted by atomic mass is 19.3. The van der Waals surface area contributed by atoms with Crippen LogP contribution in [0.1, 0.15) is 32.4 Å². The molecule has 4 nitrogen and oxygen atoms in total. The Hall–Kier alpha value is -1.69. The molecule has 2 atom stereocenters. The van der Waals surface area contributed by atoms with Gasteiger partial charge in [-0.05, 0) is 26.8 Å². The molecule has 0 bridgehead atoms. The van der Waals surface area contributed by atoms with E-state index in [0.717, 1.165) is 0 Å². The second kappa shape index (κ2) is 7.79. The lowest BCUT2D eigenvalue weighted by Crippen LogP contribution is -2.43. The molecule has 20 heavy (non-hydrogen) atoms. The first-order valence-electron chi connectivity index (χ1n) is 6.53. The van der Waals surface area contributed by atoms with Crippen LogP contribution in [0.5, 0.6) is 5.75 Å². The van der Waals surface area contributed by atoms with Crippen molar-refractivity contribution in [3.8, 4) is 5.75 Å². The summed E-state index contributed by atoms with van der Waals surface area (Å²) in [4.78, 5) is 11.6. The van der Waals surface area contributed by atoms with Gasteiger partial charge in [0.2, 0.25) is 5.91 Å². The fourth-order valence-corrected chi connectivity index (χ4v) is 1.91. The highest BCUT2D eigenvalue weighted by Gasteiger charge is 2.19. The largest absolute Gasteiger partial charge is 0.434 e. The van der Waals surface area contributed by atoms with Gasteiger partial charge in [0, 0.05) is 18.2 Å². The second-order valence-electron chi connectivity index (χ2n) is 4.42. The number of carbonyl (C=O) groups is 1. The Morgan fingerprint density at radius 1 is 1.30 bits per heavy atom. The summed E-state index contributed by atoms with van der Waals surface area (Å²) in [5, 5.41) is 5.75. The summed E-state index contributed by atoms with van der Waals surface area (Å²) in [6, 6.07) is 5.83. The number of halogens is 2. The van der Waals surface area contributed by atoms with Gasteiger partial charge in [0.15, 0.2) is 0 Å². The van der Waals surface area contributed by atoms with Crippen molar-refractivity contribution in [3.05, 3.63) is 29.8 Å². The summed E-state index contributed by atoms with van der Waals surface area (Å²) in [5.74, 6) is -0.0165. The second-order valence-corrected chi connectivity index (χ2v) is 4.42. The fourth-order valence-electron chi connectivity index (χ4n) is 1.91. The summed E-state index contributed by atoms with van der Waals surface area (Å²) < 4.78 is 29.2. The number of rotatable bonds is 7. The van der Waals surface area contributed by atoms with Crippen LogP contribution in [0.3, 0.4) is 0 Å². The van der Waals surface area contributed by atoms with E-state index in [9.17, 15) is 13.6 Å². The molecule has 2 unspecified atom stereocenters. The van der Waals surface area contributed by atoms with Gasteiger partial charge in [-0.15, -0.1) is 0 Å². The highest BCUT2D eigenvalue weighted by Crippen LogP contribution is 2.26. The summed E-state index contributed by atoms with van der Waals surface area (Å²) in [6.45, 7) is 3.02. The zero-order chi connectivity index (χ0) is 15.1. The van der Waals surface area contributed by atoms with Crippen LogP contribution >= 0.6 is 0 Å². The number of hydrogen-bond donors (Lipinski definition) is 2. The summed E-state index contributed by atoms with van der Waals surface area (Å²) in [7, 11) is 0. The van der Waals surface area contributed by atoms with Crippen LogP contribution in [-0.2, 0) is 4.79 Å². The number of carbonyl (C=O) groups excluding carboxylic acids is 1. The Labute approximate surface area is 117 Å². The van der Waals surface area contributed by atoms with Crippen LogP contribution < -0.4 is 15.4 Å². The molecule has 0 saturated carbocycles. The Balaban J connectivity index is 2.76. The van der Waals surface area contributed by atoms with Gasteiger partial charge in [0.1, 0.15) is 5.75 Å². The van der Waals surface area contributed by atoms with Crippen LogP contribution in [0, 0.1) is 0 Å². The fraction of sp³-hybridized carbons (Fsp3) is 0.500. The molecule has 0 spiro atoms. The van der Waals surface area contributed by atoms with E-state index in [1.165, 1.54) is 6.07 Å². The maximum Gasteiger partial charge on any atom is 0.387 e. The lowest BCUT2D eigenvalue weighted by atomic mass is 10.1. The van der Waals surface area contributed by atoms with Crippen molar-refractivity contribution in [2.24, 2.45) is 0 Å². The molecule has 2 N–H and O–H groups in total. The minimum Gasteiger partial charge on any atom is -0.434 e. The number of benzene rings is 1. The molecule has 0 aliphatic carbocycles. The minimum atomic E-state index is -2.87. The van der Waals surface area contributed by atoms with Crippen molar-refractivity contribution in [1.29, 1.82) is 0 Å². The number of hydrogen-bond acceptors (Lipinski definition) is 3. The van der Waals surface area contributed by atoms with Gasteiger partial charge in [-0.25, -0.2) is 0 Å². The molecule has 1 aromatic rings. The molecule has 0 fully saturated rings. The Kier molecular flexibility index (Phi) is 6.38. The number of nitrogens with one attached hydrogen (secondary N) is 2. The summed E-state index contributed by atoms with van der Waals surface area (Å²) in [6.07, 6.45) is 0. The number of ether oxygens (including phenoxy) is 1. The number of para-hydroxylation sites is 1. The minimum absolute atomic E-state index is 0.116. The molecule has 0 aromatic heterocycles. The Morgan fingerprint density at radius 3 is 2.55 bits per heavy atom. The van der Waals surface area contributed by atoms with Crippen LogP contribution in [0.4, 0.5) is 8.78 Å². The molecular formula is C14H20F2N2O2. The van der Waals surface area contributed by atoms with Crippen molar-refractivity contribution >= 4 is 5.91 Å². The monoisotopic (exact) mass is 286 g/mol. The van der Waals surface area contributed by atoms with E-state index in [1.54, 1.807) is 32.0 Å². The van der Waals surface area contributed by atoms with Crippen LogP contribution in [0.2, 0.25) is 0 Å². The van der Waals surface area contributed by atoms with Gasteiger partial charge in [0.25, 0.3) is 0 Å². The molecule has 112 valence electrons. The first kappa shape index (κ1) is 16.4. The molecule has 0 aliphatic rings. The third-order valence-corrected chi connectivity index (χ3v) is 2.85. The van der Waals surface area contributed by atoms with Crippen molar-refractivity contribution < 1.29 is 18.3 Å². The number of amides is 1. The third-order valence-electron chi connectivity index (χ3n) is 2.85. The number of likely N-dealkylation sites (N-methyl/N-ethyl adjacent to an activating group) is 1. The zero-order valence-electron chi connectivity index (χ0n) is 11.8. The van der Waals surface area contributed by atoms with Gasteiger partial charge in [0.05, 0.1) is 6.04 Å². The first-order chi connectivity index (χ1) is 9.45. The van der Waals surface area contributed by atoms with Crippen LogP contribution in [0.15, 0.2) is 24.3 Å². The topological polar surface area (TPSA) is 50.4 Å². The standard InChI is InChI=1S/C14H20F2N2O2/c1-4-17-13(19)10(3)18-9(2)11-7-5-6-8-12(11)20-14(15)16/h5-10,14,18H,4H2,1-3H3,(H,17,19). The maximum atomic E-state index is 12.3. The predicted molar refractivity (Wildman–Crippen MR) is 72.8 cm³/mol. The quantitative estimate of drug-likeness (QED) is 0.809. The highest BCUT2D eigenvalue weighted by molar-refractivity contribution is 5.81. The molecule has 1 aromatic carbocycles. The Morgan fingerprint density at radius 2 is 1.95 bits per heavy atom. The molecule has 6 heteroatoms. The van der Waals surface area contributed by atoms with Gasteiger partial charge in [-0.2, -0.15) is 8.78 Å². The SMILES string of the molecule is CCNC(=O)C(C)NC(C)c1ccccc1OC(F)F. The van der Waals surface area contributed by atoms with Gasteiger partial charge < -0.3 is 10.1 Å². The van der Waals surface area contributed by atoms with E-state index in [2.05, 4.69) is 15.4 Å². The average Bonchev–Trinajstić information content (AvgIpc) is 2.38. The lowest BCUT2D eigenvalue weighted by molar-refractivity contribution is -0.122. The summed E-state index contributed by atoms with van der Waals surface area (Å²) >= 11 is 0.